The molecule has 2 rings (SSSR count). The van der Waals surface area contributed by atoms with E-state index in [1.165, 1.54) is 24.9 Å². The van der Waals surface area contributed by atoms with Crippen LogP contribution in [0.1, 0.15) is 25.3 Å². The summed E-state index contributed by atoms with van der Waals surface area (Å²) >= 11 is 0. The fraction of sp³-hybridized carbons (Fsp3) is 0.571. The second-order valence-electron chi connectivity index (χ2n) is 4.72. The Labute approximate surface area is 98.4 Å². The Morgan fingerprint density at radius 3 is 2.62 bits per heavy atom. The Morgan fingerprint density at radius 2 is 2.12 bits per heavy atom. The lowest BCUT2D eigenvalue weighted by atomic mass is 9.87. The molecular formula is C14H22N2. The first-order valence-corrected chi connectivity index (χ1v) is 6.33. The predicted molar refractivity (Wildman–Crippen MR) is 68.1 cm³/mol. The summed E-state index contributed by atoms with van der Waals surface area (Å²) in [5.41, 5.74) is 7.24. The van der Waals surface area contributed by atoms with Crippen LogP contribution in [-0.4, -0.2) is 24.0 Å². The molecule has 1 saturated heterocycles. The van der Waals surface area contributed by atoms with Gasteiger partial charge in [0.2, 0.25) is 0 Å². The van der Waals surface area contributed by atoms with E-state index in [1.54, 1.807) is 0 Å². The molecule has 0 amide bonds. The van der Waals surface area contributed by atoms with E-state index in [1.807, 2.05) is 0 Å². The summed E-state index contributed by atoms with van der Waals surface area (Å²) in [6, 6.07) is 11.4. The van der Waals surface area contributed by atoms with Crippen LogP contribution >= 0.6 is 0 Å². The molecule has 0 saturated carbocycles. The average molecular weight is 218 g/mol. The third-order valence-electron chi connectivity index (χ3n) is 3.78. The SMILES string of the molecule is CCC(CN)C1CCN1Cc1ccccc1. The lowest BCUT2D eigenvalue weighted by molar-refractivity contribution is 0.0379. The van der Waals surface area contributed by atoms with Crippen molar-refractivity contribution in [3.8, 4) is 0 Å². The number of nitrogens with two attached hydrogens (primary N) is 1. The van der Waals surface area contributed by atoms with Crippen LogP contribution in [0, 0.1) is 5.92 Å². The average Bonchev–Trinajstić information content (AvgIpc) is 2.32. The van der Waals surface area contributed by atoms with Crippen molar-refractivity contribution < 1.29 is 0 Å². The second-order valence-corrected chi connectivity index (χ2v) is 4.72. The van der Waals surface area contributed by atoms with Crippen LogP contribution in [0.3, 0.4) is 0 Å². The van der Waals surface area contributed by atoms with E-state index < -0.39 is 0 Å². The summed E-state index contributed by atoms with van der Waals surface area (Å²) < 4.78 is 0. The third kappa shape index (κ3) is 2.45. The minimum absolute atomic E-state index is 0.678. The summed E-state index contributed by atoms with van der Waals surface area (Å²) in [4.78, 5) is 2.57. The maximum atomic E-state index is 5.82. The van der Waals surface area contributed by atoms with Crippen molar-refractivity contribution >= 4 is 0 Å². The molecule has 1 aliphatic heterocycles. The molecule has 0 aliphatic carbocycles. The first-order valence-electron chi connectivity index (χ1n) is 6.33. The fourth-order valence-corrected chi connectivity index (χ4v) is 2.60. The molecular weight excluding hydrogens is 196 g/mol. The lowest BCUT2D eigenvalue weighted by Crippen LogP contribution is -2.52. The highest BCUT2D eigenvalue weighted by Gasteiger charge is 2.32. The molecule has 1 aliphatic rings. The molecule has 16 heavy (non-hydrogen) atoms. The molecule has 1 fully saturated rings. The number of nitrogens with zero attached hydrogens (tertiary/aromatic N) is 1. The van der Waals surface area contributed by atoms with E-state index in [-0.39, 0.29) is 0 Å². The summed E-state index contributed by atoms with van der Waals surface area (Å²) in [6.07, 6.45) is 2.52. The second kappa shape index (κ2) is 5.46. The van der Waals surface area contributed by atoms with Gasteiger partial charge in [0.25, 0.3) is 0 Å². The van der Waals surface area contributed by atoms with Crippen molar-refractivity contribution in [3.63, 3.8) is 0 Å². The first kappa shape index (κ1) is 11.6. The van der Waals surface area contributed by atoms with Crippen LogP contribution in [0.2, 0.25) is 0 Å². The van der Waals surface area contributed by atoms with Crippen molar-refractivity contribution in [2.24, 2.45) is 11.7 Å². The Kier molecular flexibility index (Phi) is 3.97. The van der Waals surface area contributed by atoms with Crippen LogP contribution in [-0.2, 0) is 6.54 Å². The molecule has 0 aromatic heterocycles. The van der Waals surface area contributed by atoms with Crippen molar-refractivity contribution in [3.05, 3.63) is 35.9 Å². The monoisotopic (exact) mass is 218 g/mol. The van der Waals surface area contributed by atoms with Gasteiger partial charge in [-0.25, -0.2) is 0 Å². The van der Waals surface area contributed by atoms with Crippen LogP contribution in [0.4, 0.5) is 0 Å². The van der Waals surface area contributed by atoms with Crippen LogP contribution in [0.25, 0.3) is 0 Å². The van der Waals surface area contributed by atoms with Crippen molar-refractivity contribution in [2.45, 2.75) is 32.4 Å². The maximum Gasteiger partial charge on any atom is 0.0236 e. The first-order chi connectivity index (χ1) is 7.85. The van der Waals surface area contributed by atoms with Gasteiger partial charge in [0.15, 0.2) is 0 Å². The zero-order valence-electron chi connectivity index (χ0n) is 10.1. The van der Waals surface area contributed by atoms with Gasteiger partial charge >= 0.3 is 0 Å². The van der Waals surface area contributed by atoms with Crippen molar-refractivity contribution in [1.29, 1.82) is 0 Å². The highest BCUT2D eigenvalue weighted by Crippen LogP contribution is 2.27. The highest BCUT2D eigenvalue weighted by molar-refractivity contribution is 5.15. The van der Waals surface area contributed by atoms with Crippen molar-refractivity contribution in [2.75, 3.05) is 13.1 Å². The quantitative estimate of drug-likeness (QED) is 0.821. The van der Waals surface area contributed by atoms with Gasteiger partial charge in [0, 0.05) is 19.1 Å². The molecule has 1 aromatic rings. The fourth-order valence-electron chi connectivity index (χ4n) is 2.60. The number of benzene rings is 1. The van der Waals surface area contributed by atoms with Gasteiger partial charge in [-0.05, 0) is 24.4 Å². The highest BCUT2D eigenvalue weighted by atomic mass is 15.2. The molecule has 1 aromatic carbocycles. The summed E-state index contributed by atoms with van der Waals surface area (Å²) in [5.74, 6) is 0.678. The standard InChI is InChI=1S/C14H22N2/c1-2-13(10-15)14-8-9-16(14)11-12-6-4-3-5-7-12/h3-7,13-14H,2,8-11,15H2,1H3. The molecule has 2 heteroatoms. The maximum absolute atomic E-state index is 5.82. The van der Waals surface area contributed by atoms with E-state index in [2.05, 4.69) is 42.2 Å². The van der Waals surface area contributed by atoms with Gasteiger partial charge in [-0.1, -0.05) is 43.7 Å². The van der Waals surface area contributed by atoms with Crippen molar-refractivity contribution in [1.82, 2.24) is 4.90 Å². The van der Waals surface area contributed by atoms with Gasteiger partial charge < -0.3 is 5.73 Å². The van der Waals surface area contributed by atoms with Gasteiger partial charge in [-0.3, -0.25) is 4.90 Å². The summed E-state index contributed by atoms with van der Waals surface area (Å²) in [5, 5.41) is 0. The molecule has 0 radical (unpaired) electrons. The van der Waals surface area contributed by atoms with E-state index >= 15 is 0 Å². The number of hydrogen-bond donors (Lipinski definition) is 1. The molecule has 0 bridgehead atoms. The van der Waals surface area contributed by atoms with E-state index in [0.717, 1.165) is 19.1 Å². The lowest BCUT2D eigenvalue weighted by Gasteiger charge is -2.45. The Bertz CT molecular complexity index is 306. The van der Waals surface area contributed by atoms with Gasteiger partial charge in [0.05, 0.1) is 0 Å². The number of rotatable bonds is 5. The molecule has 2 unspecified atom stereocenters. The van der Waals surface area contributed by atoms with E-state index in [0.29, 0.717) is 5.92 Å². The topological polar surface area (TPSA) is 29.3 Å². The number of hydrogen-bond acceptors (Lipinski definition) is 2. The Morgan fingerprint density at radius 1 is 1.38 bits per heavy atom. The third-order valence-corrected chi connectivity index (χ3v) is 3.78. The minimum atomic E-state index is 0.678. The van der Waals surface area contributed by atoms with E-state index in [9.17, 15) is 0 Å². The summed E-state index contributed by atoms with van der Waals surface area (Å²) in [6.45, 7) is 5.39. The molecule has 88 valence electrons. The molecule has 2 atom stereocenters. The van der Waals surface area contributed by atoms with Gasteiger partial charge in [0.1, 0.15) is 0 Å². The molecule has 2 nitrogen and oxygen atoms in total. The normalized spacial score (nSPS) is 22.8. The van der Waals surface area contributed by atoms with Crippen LogP contribution < -0.4 is 5.73 Å². The van der Waals surface area contributed by atoms with Gasteiger partial charge in [-0.2, -0.15) is 0 Å². The molecule has 0 spiro atoms. The van der Waals surface area contributed by atoms with E-state index in [4.69, 9.17) is 5.73 Å². The zero-order valence-corrected chi connectivity index (χ0v) is 10.1. The Balaban J connectivity index is 1.92. The smallest absolute Gasteiger partial charge is 0.0236 e. The largest absolute Gasteiger partial charge is 0.330 e. The molecule has 2 N–H and O–H groups in total. The minimum Gasteiger partial charge on any atom is -0.330 e. The Hall–Kier alpha value is -0.860. The van der Waals surface area contributed by atoms with Gasteiger partial charge in [-0.15, -0.1) is 0 Å². The number of likely N-dealkylation sites (tertiary alicyclic amines) is 1. The van der Waals surface area contributed by atoms with Crippen LogP contribution in [0.15, 0.2) is 30.3 Å². The predicted octanol–water partition coefficient (Wildman–Crippen LogP) is 2.25. The summed E-state index contributed by atoms with van der Waals surface area (Å²) in [7, 11) is 0. The zero-order chi connectivity index (χ0) is 11.4. The molecule has 1 heterocycles. The van der Waals surface area contributed by atoms with Crippen LogP contribution in [0.5, 0.6) is 0 Å².